The van der Waals surface area contributed by atoms with Gasteiger partial charge in [-0.2, -0.15) is 0 Å². The fourth-order valence-electron chi connectivity index (χ4n) is 3.74. The van der Waals surface area contributed by atoms with Crippen molar-refractivity contribution in [3.8, 4) is 17.1 Å². The Morgan fingerprint density at radius 3 is 2.39 bits per heavy atom. The molecule has 0 atom stereocenters. The van der Waals surface area contributed by atoms with Crippen LogP contribution in [0.5, 0.6) is 0 Å². The van der Waals surface area contributed by atoms with Gasteiger partial charge in [-0.25, -0.2) is 0 Å². The van der Waals surface area contributed by atoms with Crippen LogP contribution in [-0.2, 0) is 16.0 Å². The normalized spacial score (nSPS) is 10.8. The third-order valence-electron chi connectivity index (χ3n) is 5.86. The third kappa shape index (κ3) is 6.01. The van der Waals surface area contributed by atoms with Crippen LogP contribution in [0.15, 0.2) is 78.0 Å². The Hall–Kier alpha value is -3.91. The van der Waals surface area contributed by atoms with Crippen LogP contribution in [0, 0.1) is 13.8 Å². The summed E-state index contributed by atoms with van der Waals surface area (Å²) in [4.78, 5) is 24.9. The Bertz CT molecular complexity index is 1370. The van der Waals surface area contributed by atoms with E-state index in [9.17, 15) is 9.59 Å². The largest absolute Gasteiger partial charge is 0.346 e. The zero-order valence-corrected chi connectivity index (χ0v) is 21.4. The molecule has 2 N–H and O–H groups in total. The summed E-state index contributed by atoms with van der Waals surface area (Å²) in [5.41, 5.74) is 6.03. The first-order valence-corrected chi connectivity index (χ1v) is 12.8. The minimum Gasteiger partial charge on any atom is -0.346 e. The highest BCUT2D eigenvalue weighted by Crippen LogP contribution is 2.28. The Labute approximate surface area is 215 Å². The lowest BCUT2D eigenvalue weighted by molar-refractivity contribution is -0.122. The molecule has 1 aromatic heterocycles. The number of para-hydroxylation sites is 1. The molecule has 184 valence electrons. The van der Waals surface area contributed by atoms with Gasteiger partial charge in [0.25, 0.3) is 0 Å². The molecule has 8 heteroatoms. The summed E-state index contributed by atoms with van der Waals surface area (Å²) in [6.07, 6.45) is 0.811. The minimum absolute atomic E-state index is 0.101. The van der Waals surface area contributed by atoms with Gasteiger partial charge in [0.2, 0.25) is 11.8 Å². The molecule has 0 saturated carbocycles. The van der Waals surface area contributed by atoms with Crippen molar-refractivity contribution in [3.05, 3.63) is 89.5 Å². The smallest absolute Gasteiger partial charge is 0.243 e. The van der Waals surface area contributed by atoms with Gasteiger partial charge in [-0.15, -0.1) is 10.2 Å². The quantitative estimate of drug-likeness (QED) is 0.318. The molecular weight excluding hydrogens is 470 g/mol. The first kappa shape index (κ1) is 25.2. The highest BCUT2D eigenvalue weighted by Gasteiger charge is 2.18. The zero-order chi connectivity index (χ0) is 25.5. The van der Waals surface area contributed by atoms with Gasteiger partial charge in [0.1, 0.15) is 0 Å². The molecule has 0 aliphatic carbocycles. The van der Waals surface area contributed by atoms with Gasteiger partial charge in [-0.1, -0.05) is 73.3 Å². The average Bonchev–Trinajstić information content (AvgIpc) is 3.32. The van der Waals surface area contributed by atoms with Crippen LogP contribution in [0.3, 0.4) is 0 Å². The lowest BCUT2D eigenvalue weighted by Crippen LogP contribution is -2.34. The van der Waals surface area contributed by atoms with Crippen LogP contribution in [-0.4, -0.2) is 38.9 Å². The van der Waals surface area contributed by atoms with Crippen molar-refractivity contribution in [2.45, 2.75) is 32.3 Å². The molecule has 0 saturated heterocycles. The van der Waals surface area contributed by atoms with E-state index in [1.165, 1.54) is 17.3 Å². The number of thioether (sulfide) groups is 1. The molecule has 4 rings (SSSR count). The number of aromatic nitrogens is 3. The number of carbonyl (C=O) groups excluding carboxylic acids is 2. The first-order chi connectivity index (χ1) is 17.5. The molecule has 0 radical (unpaired) electrons. The number of amides is 2. The molecule has 0 fully saturated rings. The van der Waals surface area contributed by atoms with E-state index in [0.717, 1.165) is 34.5 Å². The number of rotatable bonds is 9. The lowest BCUT2D eigenvalue weighted by atomic mass is 10.1. The van der Waals surface area contributed by atoms with Crippen molar-refractivity contribution >= 4 is 29.3 Å². The molecule has 0 spiro atoms. The molecule has 1 heterocycles. The first-order valence-electron chi connectivity index (χ1n) is 11.8. The van der Waals surface area contributed by atoms with Gasteiger partial charge in [-0.05, 0) is 55.2 Å². The lowest BCUT2D eigenvalue weighted by Gasteiger charge is -2.12. The summed E-state index contributed by atoms with van der Waals surface area (Å²) in [7, 11) is 0. The van der Waals surface area contributed by atoms with Crippen LogP contribution in [0.4, 0.5) is 5.69 Å². The van der Waals surface area contributed by atoms with Gasteiger partial charge in [0, 0.05) is 11.3 Å². The van der Waals surface area contributed by atoms with Crippen molar-refractivity contribution in [2.24, 2.45) is 0 Å². The second-order valence-electron chi connectivity index (χ2n) is 8.40. The second-order valence-corrected chi connectivity index (χ2v) is 9.34. The molecule has 0 bridgehead atoms. The highest BCUT2D eigenvalue weighted by molar-refractivity contribution is 7.99. The molecular formula is C28H29N5O2S. The maximum absolute atomic E-state index is 12.6. The zero-order valence-electron chi connectivity index (χ0n) is 20.6. The Morgan fingerprint density at radius 1 is 0.889 bits per heavy atom. The van der Waals surface area contributed by atoms with E-state index >= 15 is 0 Å². The fourth-order valence-corrected chi connectivity index (χ4v) is 4.52. The van der Waals surface area contributed by atoms with Crippen molar-refractivity contribution in [3.63, 3.8) is 0 Å². The van der Waals surface area contributed by atoms with Crippen molar-refractivity contribution in [1.29, 1.82) is 0 Å². The van der Waals surface area contributed by atoms with Crippen LogP contribution < -0.4 is 10.6 Å². The van der Waals surface area contributed by atoms with Gasteiger partial charge in [0.05, 0.1) is 18.0 Å². The topological polar surface area (TPSA) is 88.9 Å². The van der Waals surface area contributed by atoms with Gasteiger partial charge < -0.3 is 10.6 Å². The van der Waals surface area contributed by atoms with E-state index in [4.69, 9.17) is 0 Å². The summed E-state index contributed by atoms with van der Waals surface area (Å²) < 4.78 is 1.97. The number of benzene rings is 3. The van der Waals surface area contributed by atoms with E-state index in [2.05, 4.69) is 46.8 Å². The number of anilines is 1. The van der Waals surface area contributed by atoms with Crippen LogP contribution in [0.1, 0.15) is 23.6 Å². The monoisotopic (exact) mass is 499 g/mol. The molecule has 2 amide bonds. The number of hydrogen-bond acceptors (Lipinski definition) is 5. The maximum Gasteiger partial charge on any atom is 0.243 e. The predicted octanol–water partition coefficient (Wildman–Crippen LogP) is 4.96. The Kier molecular flexibility index (Phi) is 8.17. The summed E-state index contributed by atoms with van der Waals surface area (Å²) in [6, 6.07) is 23.7. The predicted molar refractivity (Wildman–Crippen MR) is 144 cm³/mol. The summed E-state index contributed by atoms with van der Waals surface area (Å²) >= 11 is 1.28. The summed E-state index contributed by atoms with van der Waals surface area (Å²) in [6.45, 7) is 6.07. The SMILES string of the molecule is CCc1ccccc1NC(=O)CNC(=O)CSc1nnc(-c2ccccc2)n1-c1ccc(C)c(C)c1. The van der Waals surface area contributed by atoms with Crippen LogP contribution in [0.25, 0.3) is 17.1 Å². The van der Waals surface area contributed by atoms with E-state index in [0.29, 0.717) is 11.0 Å². The van der Waals surface area contributed by atoms with Crippen molar-refractivity contribution in [2.75, 3.05) is 17.6 Å². The molecule has 0 aliphatic heterocycles. The van der Waals surface area contributed by atoms with E-state index in [1.54, 1.807) is 0 Å². The number of carbonyl (C=O) groups is 2. The van der Waals surface area contributed by atoms with Crippen LogP contribution in [0.2, 0.25) is 0 Å². The molecule has 7 nitrogen and oxygen atoms in total. The molecule has 36 heavy (non-hydrogen) atoms. The van der Waals surface area contributed by atoms with Crippen LogP contribution >= 0.6 is 11.8 Å². The number of nitrogens with one attached hydrogen (secondary N) is 2. The summed E-state index contributed by atoms with van der Waals surface area (Å²) in [5, 5.41) is 15.0. The number of hydrogen-bond donors (Lipinski definition) is 2. The Balaban J connectivity index is 1.44. The fraction of sp³-hybridized carbons (Fsp3) is 0.214. The maximum atomic E-state index is 12.6. The number of nitrogens with zero attached hydrogens (tertiary/aromatic N) is 3. The van der Waals surface area contributed by atoms with Crippen molar-refractivity contribution < 1.29 is 9.59 Å². The van der Waals surface area contributed by atoms with E-state index in [1.807, 2.05) is 72.2 Å². The second kappa shape index (κ2) is 11.7. The minimum atomic E-state index is -0.265. The number of aryl methyl sites for hydroxylation is 3. The molecule has 3 aromatic carbocycles. The standard InChI is InChI=1S/C28H29N5O2S/c1-4-21-10-8-9-13-24(21)30-25(34)17-29-26(35)18-36-28-32-31-27(22-11-6-5-7-12-22)33(28)23-15-14-19(2)20(3)16-23/h5-16H,4,17-18H2,1-3H3,(H,29,35)(H,30,34). The molecule has 0 aliphatic rings. The van der Waals surface area contributed by atoms with E-state index < -0.39 is 0 Å². The summed E-state index contributed by atoms with van der Waals surface area (Å²) in [5.74, 6) is 0.292. The van der Waals surface area contributed by atoms with Crippen molar-refractivity contribution in [1.82, 2.24) is 20.1 Å². The molecule has 4 aromatic rings. The van der Waals surface area contributed by atoms with Gasteiger partial charge in [0.15, 0.2) is 11.0 Å². The average molecular weight is 500 g/mol. The van der Waals surface area contributed by atoms with Gasteiger partial charge in [-0.3, -0.25) is 14.2 Å². The highest BCUT2D eigenvalue weighted by atomic mass is 32.2. The van der Waals surface area contributed by atoms with Gasteiger partial charge >= 0.3 is 0 Å². The van der Waals surface area contributed by atoms with E-state index in [-0.39, 0.29) is 24.1 Å². The molecule has 0 unspecified atom stereocenters. The Morgan fingerprint density at radius 2 is 1.64 bits per heavy atom. The third-order valence-corrected chi connectivity index (χ3v) is 6.79.